The van der Waals surface area contributed by atoms with E-state index in [0.717, 1.165) is 26.1 Å². The van der Waals surface area contributed by atoms with Crippen molar-refractivity contribution in [2.75, 3.05) is 13.1 Å². The molecular formula is C11H14IN3S. The zero-order valence-corrected chi connectivity index (χ0v) is 11.9. The summed E-state index contributed by atoms with van der Waals surface area (Å²) >= 11 is 4.03. The summed E-state index contributed by atoms with van der Waals surface area (Å²) in [4.78, 5) is 0. The van der Waals surface area contributed by atoms with E-state index in [4.69, 9.17) is 0 Å². The van der Waals surface area contributed by atoms with Gasteiger partial charge in [0, 0.05) is 12.7 Å². The highest BCUT2D eigenvalue weighted by atomic mass is 127. The molecule has 2 heterocycles. The second-order valence-electron chi connectivity index (χ2n) is 3.55. The summed E-state index contributed by atoms with van der Waals surface area (Å²) in [5, 5.41) is 12.0. The minimum Gasteiger partial charge on any atom is -0.315 e. The molecule has 2 aromatic rings. The van der Waals surface area contributed by atoms with E-state index < -0.39 is 0 Å². The molecule has 0 bridgehead atoms. The van der Waals surface area contributed by atoms with Crippen molar-refractivity contribution in [2.24, 2.45) is 0 Å². The summed E-state index contributed by atoms with van der Waals surface area (Å²) in [5.41, 5.74) is 1.42. The lowest BCUT2D eigenvalue weighted by Crippen LogP contribution is -2.22. The zero-order chi connectivity index (χ0) is 11.2. The Morgan fingerprint density at radius 1 is 1.44 bits per heavy atom. The Morgan fingerprint density at radius 3 is 3.06 bits per heavy atom. The molecule has 0 spiro atoms. The fourth-order valence-corrected chi connectivity index (χ4v) is 2.60. The van der Waals surface area contributed by atoms with Crippen LogP contribution in [0.4, 0.5) is 0 Å². The molecule has 2 aromatic heterocycles. The summed E-state index contributed by atoms with van der Waals surface area (Å²) in [6.45, 7) is 2.95. The van der Waals surface area contributed by atoms with Gasteiger partial charge in [-0.1, -0.05) is 0 Å². The number of nitrogens with zero attached hydrogens (tertiary/aromatic N) is 2. The molecule has 16 heavy (non-hydrogen) atoms. The fourth-order valence-electron chi connectivity index (χ4n) is 1.45. The monoisotopic (exact) mass is 347 g/mol. The minimum absolute atomic E-state index is 0.937. The number of hydrogen-bond donors (Lipinski definition) is 1. The molecule has 0 saturated heterocycles. The topological polar surface area (TPSA) is 29.9 Å². The highest BCUT2D eigenvalue weighted by molar-refractivity contribution is 14.1. The molecule has 0 aliphatic carbocycles. The Labute approximate surface area is 113 Å². The Bertz CT molecular complexity index is 411. The third-order valence-electron chi connectivity index (χ3n) is 2.29. The lowest BCUT2D eigenvalue weighted by Gasteiger charge is -2.03. The fraction of sp³-hybridized carbons (Fsp3) is 0.364. The largest absolute Gasteiger partial charge is 0.315 e. The van der Waals surface area contributed by atoms with Crippen molar-refractivity contribution in [3.05, 3.63) is 38.4 Å². The van der Waals surface area contributed by atoms with Gasteiger partial charge >= 0.3 is 0 Å². The molecule has 0 saturated carbocycles. The van der Waals surface area contributed by atoms with E-state index in [0.29, 0.717) is 0 Å². The van der Waals surface area contributed by atoms with Gasteiger partial charge in [0.05, 0.1) is 16.3 Å². The van der Waals surface area contributed by atoms with Gasteiger partial charge in [0.1, 0.15) is 0 Å². The highest BCUT2D eigenvalue weighted by Gasteiger charge is 1.95. The van der Waals surface area contributed by atoms with Crippen molar-refractivity contribution in [1.82, 2.24) is 15.1 Å². The Kier molecular flexibility index (Phi) is 4.80. The highest BCUT2D eigenvalue weighted by Crippen LogP contribution is 2.05. The van der Waals surface area contributed by atoms with E-state index in [-0.39, 0.29) is 0 Å². The van der Waals surface area contributed by atoms with Crippen LogP contribution >= 0.6 is 33.9 Å². The zero-order valence-electron chi connectivity index (χ0n) is 8.90. The van der Waals surface area contributed by atoms with Gasteiger partial charge in [-0.15, -0.1) is 0 Å². The van der Waals surface area contributed by atoms with Crippen LogP contribution < -0.4 is 5.32 Å². The van der Waals surface area contributed by atoms with Gasteiger partial charge in [-0.05, 0) is 57.9 Å². The Balaban J connectivity index is 1.59. The molecule has 0 unspecified atom stereocenters. The first-order chi connectivity index (χ1) is 7.84. The summed E-state index contributed by atoms with van der Waals surface area (Å²) in [6, 6.07) is 2.18. The van der Waals surface area contributed by atoms with E-state index in [1.54, 1.807) is 11.3 Å². The van der Waals surface area contributed by atoms with Crippen molar-refractivity contribution in [1.29, 1.82) is 0 Å². The lowest BCUT2D eigenvalue weighted by molar-refractivity contribution is 0.556. The smallest absolute Gasteiger partial charge is 0.0623 e. The van der Waals surface area contributed by atoms with Crippen LogP contribution in [0.25, 0.3) is 0 Å². The van der Waals surface area contributed by atoms with Crippen molar-refractivity contribution in [3.63, 3.8) is 0 Å². The lowest BCUT2D eigenvalue weighted by atomic mass is 10.2. The number of hydrogen-bond acceptors (Lipinski definition) is 3. The molecular weight excluding hydrogens is 333 g/mol. The average Bonchev–Trinajstić information content (AvgIpc) is 2.89. The Hall–Kier alpha value is -0.400. The SMILES string of the molecule is Ic1cnn(CCNCCc2ccsc2)c1. The van der Waals surface area contributed by atoms with E-state index in [1.807, 2.05) is 10.9 Å². The van der Waals surface area contributed by atoms with Crippen LogP contribution in [-0.2, 0) is 13.0 Å². The number of halogens is 1. The van der Waals surface area contributed by atoms with Crippen LogP contribution in [0.2, 0.25) is 0 Å². The first-order valence-corrected chi connectivity index (χ1v) is 7.26. The van der Waals surface area contributed by atoms with Gasteiger partial charge in [0.2, 0.25) is 0 Å². The molecule has 5 heteroatoms. The molecule has 0 aliphatic rings. The standard InChI is InChI=1S/C11H14IN3S/c12-11-7-14-15(8-11)5-4-13-3-1-10-2-6-16-9-10/h2,6-9,13H,1,3-5H2. The molecule has 86 valence electrons. The van der Waals surface area contributed by atoms with Gasteiger partial charge in [0.25, 0.3) is 0 Å². The first-order valence-electron chi connectivity index (χ1n) is 5.24. The maximum Gasteiger partial charge on any atom is 0.0623 e. The number of thiophene rings is 1. The van der Waals surface area contributed by atoms with E-state index in [2.05, 4.69) is 56.0 Å². The third kappa shape index (κ3) is 3.88. The van der Waals surface area contributed by atoms with Gasteiger partial charge < -0.3 is 5.32 Å². The van der Waals surface area contributed by atoms with Crippen molar-refractivity contribution < 1.29 is 0 Å². The van der Waals surface area contributed by atoms with Crippen LogP contribution in [0, 0.1) is 3.57 Å². The van der Waals surface area contributed by atoms with E-state index in [9.17, 15) is 0 Å². The number of rotatable bonds is 6. The molecule has 1 N–H and O–H groups in total. The maximum absolute atomic E-state index is 4.23. The molecule has 2 rings (SSSR count). The molecule has 0 amide bonds. The number of aromatic nitrogens is 2. The van der Waals surface area contributed by atoms with Crippen LogP contribution in [0.15, 0.2) is 29.2 Å². The number of nitrogens with one attached hydrogen (secondary N) is 1. The van der Waals surface area contributed by atoms with Crippen molar-refractivity contribution in [3.8, 4) is 0 Å². The summed E-state index contributed by atoms with van der Waals surface area (Å²) in [5.74, 6) is 0. The van der Waals surface area contributed by atoms with Crippen LogP contribution in [0.5, 0.6) is 0 Å². The molecule has 0 aromatic carbocycles. The summed E-state index contributed by atoms with van der Waals surface area (Å²) in [6.07, 6.45) is 5.05. The average molecular weight is 347 g/mol. The van der Waals surface area contributed by atoms with Crippen molar-refractivity contribution >= 4 is 33.9 Å². The van der Waals surface area contributed by atoms with Gasteiger partial charge in [-0.3, -0.25) is 4.68 Å². The molecule has 0 radical (unpaired) electrons. The Morgan fingerprint density at radius 2 is 2.38 bits per heavy atom. The molecule has 0 aliphatic heterocycles. The van der Waals surface area contributed by atoms with Crippen molar-refractivity contribution in [2.45, 2.75) is 13.0 Å². The van der Waals surface area contributed by atoms with Crippen LogP contribution in [0.3, 0.4) is 0 Å². The van der Waals surface area contributed by atoms with E-state index >= 15 is 0 Å². The first kappa shape index (κ1) is 12.1. The second-order valence-corrected chi connectivity index (χ2v) is 5.58. The third-order valence-corrected chi connectivity index (χ3v) is 3.58. The summed E-state index contributed by atoms with van der Waals surface area (Å²) in [7, 11) is 0. The van der Waals surface area contributed by atoms with Gasteiger partial charge in [-0.25, -0.2) is 0 Å². The molecule has 0 atom stereocenters. The molecule has 3 nitrogen and oxygen atoms in total. The van der Waals surface area contributed by atoms with Gasteiger partial charge in [0.15, 0.2) is 0 Å². The summed E-state index contributed by atoms with van der Waals surface area (Å²) < 4.78 is 3.16. The minimum atomic E-state index is 0.937. The van der Waals surface area contributed by atoms with Crippen LogP contribution in [0.1, 0.15) is 5.56 Å². The maximum atomic E-state index is 4.23. The predicted octanol–water partition coefficient (Wildman–Crippen LogP) is 2.38. The molecule has 0 fully saturated rings. The second kappa shape index (κ2) is 6.36. The van der Waals surface area contributed by atoms with E-state index in [1.165, 1.54) is 9.13 Å². The quantitative estimate of drug-likeness (QED) is 0.642. The predicted molar refractivity (Wildman–Crippen MR) is 75.8 cm³/mol. The van der Waals surface area contributed by atoms with Crippen LogP contribution in [-0.4, -0.2) is 22.9 Å². The van der Waals surface area contributed by atoms with Gasteiger partial charge in [-0.2, -0.15) is 16.4 Å². The normalized spacial score (nSPS) is 10.8.